The van der Waals surface area contributed by atoms with Crippen molar-refractivity contribution in [3.05, 3.63) is 17.4 Å². The Hall–Kier alpha value is -1.27. The van der Waals surface area contributed by atoms with Crippen molar-refractivity contribution in [3.8, 4) is 10.6 Å². The second-order valence-electron chi connectivity index (χ2n) is 2.77. The van der Waals surface area contributed by atoms with Crippen LogP contribution < -0.4 is 5.32 Å². The van der Waals surface area contributed by atoms with Crippen LogP contribution in [0.15, 0.2) is 12.4 Å². The molecule has 2 heterocycles. The lowest BCUT2D eigenvalue weighted by molar-refractivity contribution is 0.715. The van der Waals surface area contributed by atoms with Crippen LogP contribution in [0.25, 0.3) is 10.6 Å². The Morgan fingerprint density at radius 1 is 1.50 bits per heavy atom. The first-order chi connectivity index (χ1) is 6.90. The standard InChI is InChI=1S/C8H11N5S/c1-2-9-5-7-12-13-8(14-7)6-3-10-11-4-6/h3-4,9H,2,5H2,1H3,(H,10,11). The summed E-state index contributed by atoms with van der Waals surface area (Å²) >= 11 is 1.59. The molecule has 2 aromatic rings. The van der Waals surface area contributed by atoms with Crippen molar-refractivity contribution < 1.29 is 0 Å². The van der Waals surface area contributed by atoms with Crippen LogP contribution in [-0.2, 0) is 6.54 Å². The number of aromatic nitrogens is 4. The van der Waals surface area contributed by atoms with Gasteiger partial charge in [0.05, 0.1) is 11.8 Å². The van der Waals surface area contributed by atoms with E-state index in [0.717, 1.165) is 28.7 Å². The van der Waals surface area contributed by atoms with Gasteiger partial charge in [-0.25, -0.2) is 0 Å². The molecular weight excluding hydrogens is 198 g/mol. The lowest BCUT2D eigenvalue weighted by atomic mass is 10.4. The maximum atomic E-state index is 4.08. The van der Waals surface area contributed by atoms with E-state index in [0.29, 0.717) is 0 Å². The average Bonchev–Trinajstić information content (AvgIpc) is 2.85. The molecule has 0 aliphatic rings. The third kappa shape index (κ3) is 1.97. The molecule has 0 saturated heterocycles. The fourth-order valence-electron chi connectivity index (χ4n) is 1.04. The van der Waals surface area contributed by atoms with Crippen LogP contribution in [0.1, 0.15) is 11.9 Å². The van der Waals surface area contributed by atoms with E-state index >= 15 is 0 Å². The zero-order chi connectivity index (χ0) is 9.80. The Kier molecular flexibility index (Phi) is 2.85. The van der Waals surface area contributed by atoms with Crippen LogP contribution >= 0.6 is 11.3 Å². The van der Waals surface area contributed by atoms with Gasteiger partial charge in [0.2, 0.25) is 0 Å². The highest BCUT2D eigenvalue weighted by atomic mass is 32.1. The molecule has 0 aliphatic carbocycles. The second-order valence-corrected chi connectivity index (χ2v) is 3.83. The first-order valence-corrected chi connectivity index (χ1v) is 5.24. The average molecular weight is 209 g/mol. The fraction of sp³-hybridized carbons (Fsp3) is 0.375. The molecule has 0 bridgehead atoms. The molecule has 5 nitrogen and oxygen atoms in total. The van der Waals surface area contributed by atoms with Gasteiger partial charge in [-0.3, -0.25) is 5.10 Å². The molecule has 74 valence electrons. The van der Waals surface area contributed by atoms with Gasteiger partial charge in [-0.15, -0.1) is 10.2 Å². The Morgan fingerprint density at radius 2 is 2.43 bits per heavy atom. The largest absolute Gasteiger partial charge is 0.311 e. The van der Waals surface area contributed by atoms with Crippen LogP contribution in [0.5, 0.6) is 0 Å². The van der Waals surface area contributed by atoms with Crippen molar-refractivity contribution in [2.24, 2.45) is 0 Å². The predicted molar refractivity (Wildman–Crippen MR) is 54.9 cm³/mol. The summed E-state index contributed by atoms with van der Waals surface area (Å²) in [7, 11) is 0. The molecule has 2 aromatic heterocycles. The lowest BCUT2D eigenvalue weighted by Gasteiger charge is -1.93. The maximum absolute atomic E-state index is 4.08. The molecule has 0 aromatic carbocycles. The molecule has 0 fully saturated rings. The van der Waals surface area contributed by atoms with Crippen molar-refractivity contribution in [3.63, 3.8) is 0 Å². The third-order valence-electron chi connectivity index (χ3n) is 1.74. The van der Waals surface area contributed by atoms with E-state index in [1.54, 1.807) is 17.5 Å². The number of H-pyrrole nitrogens is 1. The Bertz CT molecular complexity index is 380. The van der Waals surface area contributed by atoms with Crippen molar-refractivity contribution in [1.82, 2.24) is 25.7 Å². The molecule has 6 heteroatoms. The minimum Gasteiger partial charge on any atom is -0.311 e. The molecule has 2 rings (SSSR count). The van der Waals surface area contributed by atoms with Gasteiger partial charge in [-0.05, 0) is 6.54 Å². The number of aromatic amines is 1. The molecule has 0 aliphatic heterocycles. The van der Waals surface area contributed by atoms with E-state index in [1.165, 1.54) is 0 Å². The maximum Gasteiger partial charge on any atom is 0.151 e. The van der Waals surface area contributed by atoms with Gasteiger partial charge in [-0.2, -0.15) is 5.10 Å². The fourth-order valence-corrected chi connectivity index (χ4v) is 1.83. The number of hydrogen-bond donors (Lipinski definition) is 2. The Balaban J connectivity index is 2.10. The minimum atomic E-state index is 0.784. The summed E-state index contributed by atoms with van der Waals surface area (Å²) in [5.41, 5.74) is 0.991. The number of rotatable bonds is 4. The summed E-state index contributed by atoms with van der Waals surface area (Å²) in [5, 5.41) is 19.9. The first-order valence-electron chi connectivity index (χ1n) is 4.42. The normalized spacial score (nSPS) is 10.6. The number of hydrogen-bond acceptors (Lipinski definition) is 5. The smallest absolute Gasteiger partial charge is 0.151 e. The van der Waals surface area contributed by atoms with E-state index in [9.17, 15) is 0 Å². The number of nitrogens with one attached hydrogen (secondary N) is 2. The lowest BCUT2D eigenvalue weighted by Crippen LogP contribution is -2.11. The third-order valence-corrected chi connectivity index (χ3v) is 2.71. The quantitative estimate of drug-likeness (QED) is 0.789. The van der Waals surface area contributed by atoms with Gasteiger partial charge in [0, 0.05) is 12.7 Å². The van der Waals surface area contributed by atoms with Gasteiger partial charge in [0.15, 0.2) is 5.01 Å². The second kappa shape index (κ2) is 4.30. The summed E-state index contributed by atoms with van der Waals surface area (Å²) < 4.78 is 0. The summed E-state index contributed by atoms with van der Waals surface area (Å²) in [6.45, 7) is 3.80. The molecule has 0 unspecified atom stereocenters. The molecule has 0 saturated carbocycles. The van der Waals surface area contributed by atoms with E-state index < -0.39 is 0 Å². The van der Waals surface area contributed by atoms with Crippen molar-refractivity contribution in [1.29, 1.82) is 0 Å². The topological polar surface area (TPSA) is 66.5 Å². The predicted octanol–water partition coefficient (Wildman–Crippen LogP) is 1.04. The minimum absolute atomic E-state index is 0.784. The van der Waals surface area contributed by atoms with E-state index in [4.69, 9.17) is 0 Å². The van der Waals surface area contributed by atoms with Crippen LogP contribution in [0, 0.1) is 0 Å². The zero-order valence-corrected chi connectivity index (χ0v) is 8.64. The summed E-state index contributed by atoms with van der Waals surface area (Å²) in [4.78, 5) is 0. The molecular formula is C8H11N5S. The highest BCUT2D eigenvalue weighted by molar-refractivity contribution is 7.14. The number of nitrogens with zero attached hydrogens (tertiary/aromatic N) is 3. The van der Waals surface area contributed by atoms with Gasteiger partial charge in [0.25, 0.3) is 0 Å². The van der Waals surface area contributed by atoms with E-state index in [2.05, 4.69) is 32.6 Å². The molecule has 0 amide bonds. The van der Waals surface area contributed by atoms with Crippen molar-refractivity contribution >= 4 is 11.3 Å². The van der Waals surface area contributed by atoms with Gasteiger partial charge >= 0.3 is 0 Å². The Labute approximate surface area is 85.6 Å². The highest BCUT2D eigenvalue weighted by Gasteiger charge is 2.06. The summed E-state index contributed by atoms with van der Waals surface area (Å²) in [5.74, 6) is 0. The molecule has 14 heavy (non-hydrogen) atoms. The van der Waals surface area contributed by atoms with Crippen LogP contribution in [0.4, 0.5) is 0 Å². The first kappa shape index (κ1) is 9.29. The highest BCUT2D eigenvalue weighted by Crippen LogP contribution is 2.21. The monoisotopic (exact) mass is 209 g/mol. The van der Waals surface area contributed by atoms with Crippen molar-refractivity contribution in [2.75, 3.05) is 6.54 Å². The van der Waals surface area contributed by atoms with Crippen LogP contribution in [-0.4, -0.2) is 26.9 Å². The molecule has 0 radical (unpaired) electrons. The van der Waals surface area contributed by atoms with Crippen LogP contribution in [0.3, 0.4) is 0 Å². The van der Waals surface area contributed by atoms with Crippen LogP contribution in [0.2, 0.25) is 0 Å². The van der Waals surface area contributed by atoms with Gasteiger partial charge in [-0.1, -0.05) is 18.3 Å². The summed E-state index contributed by atoms with van der Waals surface area (Å²) in [6.07, 6.45) is 3.56. The molecule has 0 atom stereocenters. The molecule has 2 N–H and O–H groups in total. The molecule has 0 spiro atoms. The van der Waals surface area contributed by atoms with E-state index in [-0.39, 0.29) is 0 Å². The SMILES string of the molecule is CCNCc1nnc(-c2cn[nH]c2)s1. The van der Waals surface area contributed by atoms with E-state index in [1.807, 2.05) is 6.20 Å². The summed E-state index contributed by atoms with van der Waals surface area (Å²) in [6, 6.07) is 0. The van der Waals surface area contributed by atoms with Gasteiger partial charge < -0.3 is 5.32 Å². The zero-order valence-electron chi connectivity index (χ0n) is 7.82. The van der Waals surface area contributed by atoms with Gasteiger partial charge in [0.1, 0.15) is 5.01 Å². The van der Waals surface area contributed by atoms with Crippen molar-refractivity contribution in [2.45, 2.75) is 13.5 Å². The Morgan fingerprint density at radius 3 is 3.14 bits per heavy atom.